The number of aromatic nitrogens is 2. The molecule has 1 heterocycles. The predicted octanol–water partition coefficient (Wildman–Crippen LogP) is 3.65. The smallest absolute Gasteiger partial charge is 0.243 e. The maximum atomic E-state index is 13.7. The van der Waals surface area contributed by atoms with Crippen LogP contribution in [0.2, 0.25) is 5.02 Å². The Kier molecular flexibility index (Phi) is 4.74. The summed E-state index contributed by atoms with van der Waals surface area (Å²) in [6.45, 7) is 5.47. The summed E-state index contributed by atoms with van der Waals surface area (Å²) in [6.07, 6.45) is 0. The number of fused-ring (bicyclic) bond motifs is 1. The number of amides is 1. The Hall–Kier alpha value is -1.33. The number of hydrogen-bond donors (Lipinski definition) is 1. The van der Waals surface area contributed by atoms with Crippen molar-refractivity contribution in [3.05, 3.63) is 28.8 Å². The lowest BCUT2D eigenvalue weighted by molar-refractivity contribution is -0.124. The highest BCUT2D eigenvalue weighted by molar-refractivity contribution is 6.31. The van der Waals surface area contributed by atoms with Gasteiger partial charge in [0.2, 0.25) is 5.91 Å². The third kappa shape index (κ3) is 3.14. The molecule has 0 saturated carbocycles. The number of rotatable bonds is 4. The SMILES string of the molecule is CC(C)NC(=O)C(C)n1c(CCl)nc2cc(Cl)c(F)cc21. The second-order valence-electron chi connectivity index (χ2n) is 5.13. The molecule has 1 aromatic heterocycles. The number of nitrogens with one attached hydrogen (secondary N) is 1. The van der Waals surface area contributed by atoms with Gasteiger partial charge in [0.1, 0.15) is 17.7 Å². The molecule has 2 rings (SSSR count). The van der Waals surface area contributed by atoms with Gasteiger partial charge < -0.3 is 9.88 Å². The lowest BCUT2D eigenvalue weighted by Gasteiger charge is -2.18. The van der Waals surface area contributed by atoms with E-state index in [4.69, 9.17) is 23.2 Å². The summed E-state index contributed by atoms with van der Waals surface area (Å²) in [7, 11) is 0. The van der Waals surface area contributed by atoms with Gasteiger partial charge in [0.15, 0.2) is 0 Å². The molecule has 0 fully saturated rings. The van der Waals surface area contributed by atoms with Crippen molar-refractivity contribution in [3.8, 4) is 0 Å². The van der Waals surface area contributed by atoms with Crippen LogP contribution in [0.25, 0.3) is 11.0 Å². The molecule has 114 valence electrons. The van der Waals surface area contributed by atoms with Crippen molar-refractivity contribution in [2.75, 3.05) is 0 Å². The Balaban J connectivity index is 2.55. The van der Waals surface area contributed by atoms with Crippen LogP contribution >= 0.6 is 23.2 Å². The minimum Gasteiger partial charge on any atom is -0.352 e. The van der Waals surface area contributed by atoms with E-state index in [1.54, 1.807) is 11.5 Å². The number of halogens is 3. The molecule has 1 unspecified atom stereocenters. The number of hydrogen-bond acceptors (Lipinski definition) is 2. The van der Waals surface area contributed by atoms with E-state index in [2.05, 4.69) is 10.3 Å². The molecule has 0 saturated heterocycles. The number of alkyl halides is 1. The maximum Gasteiger partial charge on any atom is 0.243 e. The minimum absolute atomic E-state index is 0.00689. The van der Waals surface area contributed by atoms with Crippen molar-refractivity contribution in [3.63, 3.8) is 0 Å². The van der Waals surface area contributed by atoms with Crippen LogP contribution in [-0.4, -0.2) is 21.5 Å². The first-order chi connectivity index (χ1) is 9.85. The molecule has 0 aliphatic rings. The van der Waals surface area contributed by atoms with Gasteiger partial charge in [-0.25, -0.2) is 9.37 Å². The van der Waals surface area contributed by atoms with E-state index in [0.29, 0.717) is 16.9 Å². The first-order valence-electron chi connectivity index (χ1n) is 6.57. The van der Waals surface area contributed by atoms with Crippen molar-refractivity contribution >= 4 is 40.1 Å². The van der Waals surface area contributed by atoms with Crippen LogP contribution in [0, 0.1) is 5.82 Å². The van der Waals surface area contributed by atoms with Crippen LogP contribution in [0.5, 0.6) is 0 Å². The van der Waals surface area contributed by atoms with Crippen LogP contribution in [0.1, 0.15) is 32.6 Å². The quantitative estimate of drug-likeness (QED) is 0.869. The second-order valence-corrected chi connectivity index (χ2v) is 5.80. The van der Waals surface area contributed by atoms with Gasteiger partial charge in [-0.15, -0.1) is 11.6 Å². The topological polar surface area (TPSA) is 46.9 Å². The van der Waals surface area contributed by atoms with Gasteiger partial charge in [0.25, 0.3) is 0 Å². The zero-order valence-corrected chi connectivity index (χ0v) is 13.5. The van der Waals surface area contributed by atoms with E-state index in [-0.39, 0.29) is 22.9 Å². The summed E-state index contributed by atoms with van der Waals surface area (Å²) < 4.78 is 15.3. The number of carbonyl (C=O) groups is 1. The van der Waals surface area contributed by atoms with Crippen molar-refractivity contribution in [1.82, 2.24) is 14.9 Å². The lowest BCUT2D eigenvalue weighted by atomic mass is 10.2. The number of imidazole rings is 1. The molecule has 0 aliphatic carbocycles. The van der Waals surface area contributed by atoms with Gasteiger partial charge in [-0.1, -0.05) is 11.6 Å². The van der Waals surface area contributed by atoms with E-state index in [9.17, 15) is 9.18 Å². The van der Waals surface area contributed by atoms with E-state index in [0.717, 1.165) is 0 Å². The molecule has 4 nitrogen and oxygen atoms in total. The maximum absolute atomic E-state index is 13.7. The van der Waals surface area contributed by atoms with Gasteiger partial charge in [-0.2, -0.15) is 0 Å². The average Bonchev–Trinajstić information content (AvgIpc) is 2.75. The minimum atomic E-state index is -0.553. The largest absolute Gasteiger partial charge is 0.352 e. The van der Waals surface area contributed by atoms with E-state index >= 15 is 0 Å². The second kappa shape index (κ2) is 6.20. The molecule has 0 aliphatic heterocycles. The van der Waals surface area contributed by atoms with Crippen molar-refractivity contribution < 1.29 is 9.18 Å². The van der Waals surface area contributed by atoms with Gasteiger partial charge in [-0.05, 0) is 26.8 Å². The summed E-state index contributed by atoms with van der Waals surface area (Å²) in [4.78, 5) is 16.5. The van der Waals surface area contributed by atoms with Crippen molar-refractivity contribution in [2.45, 2.75) is 38.7 Å². The monoisotopic (exact) mass is 331 g/mol. The Bertz CT molecular complexity index is 684. The third-order valence-corrected chi connectivity index (χ3v) is 3.65. The first kappa shape index (κ1) is 16.0. The summed E-state index contributed by atoms with van der Waals surface area (Å²) in [5.74, 6) is -0.110. The molecule has 1 N–H and O–H groups in total. The van der Waals surface area contributed by atoms with Crippen LogP contribution in [0.4, 0.5) is 4.39 Å². The van der Waals surface area contributed by atoms with E-state index in [1.165, 1.54) is 12.1 Å². The Labute approximate surface area is 132 Å². The fourth-order valence-corrected chi connectivity index (χ4v) is 2.54. The van der Waals surface area contributed by atoms with E-state index < -0.39 is 11.9 Å². The van der Waals surface area contributed by atoms with Crippen molar-refractivity contribution in [2.24, 2.45) is 0 Å². The number of benzene rings is 1. The Morgan fingerprint density at radius 1 is 1.43 bits per heavy atom. The lowest BCUT2D eigenvalue weighted by Crippen LogP contribution is -2.36. The fraction of sp³-hybridized carbons (Fsp3) is 0.429. The van der Waals surface area contributed by atoms with Gasteiger partial charge >= 0.3 is 0 Å². The summed E-state index contributed by atoms with van der Waals surface area (Å²) in [5.41, 5.74) is 1.01. The highest BCUT2D eigenvalue weighted by atomic mass is 35.5. The number of nitrogens with zero attached hydrogens (tertiary/aromatic N) is 2. The zero-order valence-electron chi connectivity index (χ0n) is 12.0. The normalized spacial score (nSPS) is 12.9. The highest BCUT2D eigenvalue weighted by Crippen LogP contribution is 2.27. The predicted molar refractivity (Wildman–Crippen MR) is 82.2 cm³/mol. The first-order valence-corrected chi connectivity index (χ1v) is 7.48. The molecule has 0 spiro atoms. The number of carbonyl (C=O) groups excluding carboxylic acids is 1. The Morgan fingerprint density at radius 2 is 2.10 bits per heavy atom. The highest BCUT2D eigenvalue weighted by Gasteiger charge is 2.22. The van der Waals surface area contributed by atoms with Gasteiger partial charge in [-0.3, -0.25) is 4.79 Å². The standard InChI is InChI=1S/C14H16Cl2FN3O/c1-7(2)18-14(21)8(3)20-12-5-10(17)9(16)4-11(12)19-13(20)6-15/h4-5,7-8H,6H2,1-3H3,(H,18,21). The van der Waals surface area contributed by atoms with E-state index in [1.807, 2.05) is 13.8 Å². The zero-order chi connectivity index (χ0) is 15.7. The molecule has 7 heteroatoms. The summed E-state index contributed by atoms with van der Waals surface area (Å²) >= 11 is 11.7. The van der Waals surface area contributed by atoms with Crippen LogP contribution in [-0.2, 0) is 10.7 Å². The van der Waals surface area contributed by atoms with Crippen molar-refractivity contribution in [1.29, 1.82) is 0 Å². The molecule has 2 aromatic rings. The molecule has 1 atom stereocenters. The molecule has 21 heavy (non-hydrogen) atoms. The molecule has 1 amide bonds. The fourth-order valence-electron chi connectivity index (χ4n) is 2.19. The van der Waals surface area contributed by atoms with Gasteiger partial charge in [0, 0.05) is 12.1 Å². The average molecular weight is 332 g/mol. The Morgan fingerprint density at radius 3 is 2.67 bits per heavy atom. The molecular formula is C14H16Cl2FN3O. The molecule has 1 aromatic carbocycles. The molecular weight excluding hydrogens is 316 g/mol. The van der Waals surface area contributed by atoms with Gasteiger partial charge in [0.05, 0.1) is 21.9 Å². The van der Waals surface area contributed by atoms with Crippen LogP contribution < -0.4 is 5.32 Å². The summed E-state index contributed by atoms with van der Waals surface area (Å²) in [6, 6.07) is 2.18. The summed E-state index contributed by atoms with van der Waals surface area (Å²) in [5, 5.41) is 2.82. The molecule has 0 bridgehead atoms. The van der Waals surface area contributed by atoms with Crippen LogP contribution in [0.3, 0.4) is 0 Å². The van der Waals surface area contributed by atoms with Crippen LogP contribution in [0.15, 0.2) is 12.1 Å². The third-order valence-electron chi connectivity index (χ3n) is 3.12. The molecule has 0 radical (unpaired) electrons.